The third kappa shape index (κ3) is 0.980. The van der Waals surface area contributed by atoms with Crippen molar-refractivity contribution >= 4 is 0 Å². The van der Waals surface area contributed by atoms with Crippen molar-refractivity contribution in [2.45, 2.75) is 20.5 Å². The molecule has 0 amide bonds. The lowest BCUT2D eigenvalue weighted by molar-refractivity contribution is 0.693. The molecule has 1 aromatic rings. The van der Waals surface area contributed by atoms with Crippen molar-refractivity contribution in [3.63, 3.8) is 0 Å². The first-order valence-corrected chi connectivity index (χ1v) is 3.08. The normalized spacial score (nSPS) is 10.1. The summed E-state index contributed by atoms with van der Waals surface area (Å²) in [5.74, 6) is 0. The van der Waals surface area contributed by atoms with Crippen LogP contribution < -0.4 is 5.73 Å². The number of nitrogens with zero attached hydrogens (tertiary/aromatic N) is 1. The van der Waals surface area contributed by atoms with Gasteiger partial charge in [0, 0.05) is 11.4 Å². The fraction of sp³-hybridized carbons (Fsp3) is 0.429. The Kier molecular flexibility index (Phi) is 1.58. The first-order valence-electron chi connectivity index (χ1n) is 3.08. The maximum absolute atomic E-state index is 5.46. The van der Waals surface area contributed by atoms with E-state index in [0.717, 1.165) is 0 Å². The summed E-state index contributed by atoms with van der Waals surface area (Å²) in [4.78, 5) is 0. The largest absolute Gasteiger partial charge is 0.336 e. The van der Waals surface area contributed by atoms with E-state index in [1.165, 1.54) is 11.4 Å². The van der Waals surface area contributed by atoms with Gasteiger partial charge in [0.15, 0.2) is 0 Å². The first-order chi connectivity index (χ1) is 4.25. The van der Waals surface area contributed by atoms with Gasteiger partial charge in [-0.1, -0.05) is 0 Å². The maximum atomic E-state index is 5.46. The summed E-state index contributed by atoms with van der Waals surface area (Å²) in [6.45, 7) is 4.70. The van der Waals surface area contributed by atoms with Crippen LogP contribution in [0.15, 0.2) is 12.1 Å². The van der Waals surface area contributed by atoms with Crippen LogP contribution in [0.1, 0.15) is 11.4 Å². The van der Waals surface area contributed by atoms with Crippen molar-refractivity contribution in [2.75, 3.05) is 0 Å². The Balaban J connectivity index is 3.07. The molecule has 0 saturated carbocycles. The zero-order valence-corrected chi connectivity index (χ0v) is 5.89. The minimum Gasteiger partial charge on any atom is -0.336 e. The zero-order valence-electron chi connectivity index (χ0n) is 5.89. The number of aromatic nitrogens is 1. The van der Waals surface area contributed by atoms with E-state index in [1.54, 1.807) is 0 Å². The molecule has 1 aromatic heterocycles. The van der Waals surface area contributed by atoms with Crippen molar-refractivity contribution in [2.24, 2.45) is 5.73 Å². The smallest absolute Gasteiger partial charge is 0.0699 e. The van der Waals surface area contributed by atoms with Gasteiger partial charge in [0.2, 0.25) is 0 Å². The molecule has 0 aliphatic rings. The van der Waals surface area contributed by atoms with Crippen LogP contribution in [0.3, 0.4) is 0 Å². The predicted molar refractivity (Wildman–Crippen MR) is 38.1 cm³/mol. The van der Waals surface area contributed by atoms with Crippen LogP contribution in [0.25, 0.3) is 0 Å². The van der Waals surface area contributed by atoms with E-state index in [-0.39, 0.29) is 0 Å². The molecule has 0 bridgehead atoms. The summed E-state index contributed by atoms with van der Waals surface area (Å²) in [6.07, 6.45) is 0. The van der Waals surface area contributed by atoms with Gasteiger partial charge in [-0.05, 0) is 26.0 Å². The van der Waals surface area contributed by atoms with Gasteiger partial charge >= 0.3 is 0 Å². The molecule has 1 heterocycles. The van der Waals surface area contributed by atoms with Gasteiger partial charge in [-0.15, -0.1) is 0 Å². The fourth-order valence-corrected chi connectivity index (χ4v) is 0.987. The SMILES string of the molecule is Cc1ccc(C)n1CN. The highest BCUT2D eigenvalue weighted by atomic mass is 15.0. The van der Waals surface area contributed by atoms with E-state index in [4.69, 9.17) is 5.73 Å². The van der Waals surface area contributed by atoms with Gasteiger partial charge in [0.1, 0.15) is 0 Å². The predicted octanol–water partition coefficient (Wildman–Crippen LogP) is 1.02. The topological polar surface area (TPSA) is 30.9 Å². The van der Waals surface area contributed by atoms with Crippen molar-refractivity contribution in [3.05, 3.63) is 23.5 Å². The molecule has 0 aliphatic carbocycles. The minimum atomic E-state index is 0.588. The Hall–Kier alpha value is -0.760. The average molecular weight is 124 g/mol. The molecule has 2 heteroatoms. The third-order valence-corrected chi connectivity index (χ3v) is 1.60. The Morgan fingerprint density at radius 3 is 2.00 bits per heavy atom. The molecule has 1 rings (SSSR count). The van der Waals surface area contributed by atoms with Gasteiger partial charge in [0.05, 0.1) is 6.67 Å². The summed E-state index contributed by atoms with van der Waals surface area (Å²) in [5, 5.41) is 0. The van der Waals surface area contributed by atoms with Gasteiger partial charge in [0.25, 0.3) is 0 Å². The molecular formula is C7H12N2. The number of aryl methyl sites for hydroxylation is 2. The molecular weight excluding hydrogens is 112 g/mol. The Morgan fingerprint density at radius 2 is 1.78 bits per heavy atom. The lowest BCUT2D eigenvalue weighted by Crippen LogP contribution is -2.09. The maximum Gasteiger partial charge on any atom is 0.0699 e. The summed E-state index contributed by atoms with van der Waals surface area (Å²) < 4.78 is 2.07. The third-order valence-electron chi connectivity index (χ3n) is 1.60. The second kappa shape index (κ2) is 2.23. The number of nitrogens with two attached hydrogens (primary N) is 1. The second-order valence-electron chi connectivity index (χ2n) is 2.23. The van der Waals surface area contributed by atoms with Crippen molar-refractivity contribution in [1.29, 1.82) is 0 Å². The van der Waals surface area contributed by atoms with E-state index >= 15 is 0 Å². The molecule has 0 radical (unpaired) electrons. The monoisotopic (exact) mass is 124 g/mol. The molecule has 0 saturated heterocycles. The highest BCUT2D eigenvalue weighted by Crippen LogP contribution is 2.03. The highest BCUT2D eigenvalue weighted by Gasteiger charge is 1.95. The van der Waals surface area contributed by atoms with Crippen LogP contribution in [0.4, 0.5) is 0 Å². The van der Waals surface area contributed by atoms with Gasteiger partial charge in [-0.2, -0.15) is 0 Å². The number of rotatable bonds is 1. The van der Waals surface area contributed by atoms with Crippen molar-refractivity contribution in [3.8, 4) is 0 Å². The molecule has 50 valence electrons. The van der Waals surface area contributed by atoms with Crippen LogP contribution in [0.2, 0.25) is 0 Å². The molecule has 9 heavy (non-hydrogen) atoms. The number of hydrogen-bond acceptors (Lipinski definition) is 1. The summed E-state index contributed by atoms with van der Waals surface area (Å²) in [6, 6.07) is 4.14. The van der Waals surface area contributed by atoms with Crippen LogP contribution in [-0.4, -0.2) is 4.57 Å². The average Bonchev–Trinajstić information content (AvgIpc) is 2.12. The van der Waals surface area contributed by atoms with Crippen molar-refractivity contribution < 1.29 is 0 Å². The molecule has 0 atom stereocenters. The zero-order chi connectivity index (χ0) is 6.85. The Labute approximate surface area is 55.3 Å². The van der Waals surface area contributed by atoms with Crippen LogP contribution in [0.5, 0.6) is 0 Å². The van der Waals surface area contributed by atoms with Crippen LogP contribution in [0, 0.1) is 13.8 Å². The molecule has 0 aliphatic heterocycles. The van der Waals surface area contributed by atoms with Crippen molar-refractivity contribution in [1.82, 2.24) is 4.57 Å². The first kappa shape index (κ1) is 6.36. The second-order valence-corrected chi connectivity index (χ2v) is 2.23. The lowest BCUT2D eigenvalue weighted by atomic mass is 10.5. The quantitative estimate of drug-likeness (QED) is 0.595. The Bertz CT molecular complexity index is 181. The summed E-state index contributed by atoms with van der Waals surface area (Å²) in [5.41, 5.74) is 7.92. The van der Waals surface area contributed by atoms with Gasteiger partial charge in [-0.3, -0.25) is 0 Å². The molecule has 2 nitrogen and oxygen atoms in total. The molecule has 0 spiro atoms. The highest BCUT2D eigenvalue weighted by molar-refractivity contribution is 5.13. The molecule has 0 unspecified atom stereocenters. The van der Waals surface area contributed by atoms with E-state index in [2.05, 4.69) is 30.5 Å². The van der Waals surface area contributed by atoms with Gasteiger partial charge < -0.3 is 10.3 Å². The van der Waals surface area contributed by atoms with Crippen LogP contribution in [-0.2, 0) is 6.67 Å². The molecule has 0 fully saturated rings. The van der Waals surface area contributed by atoms with E-state index in [1.807, 2.05) is 0 Å². The standard InChI is InChI=1S/C7H12N2/c1-6-3-4-7(2)9(6)5-8/h3-4H,5,8H2,1-2H3. The summed E-state index contributed by atoms with van der Waals surface area (Å²) >= 11 is 0. The summed E-state index contributed by atoms with van der Waals surface area (Å²) in [7, 11) is 0. The number of hydrogen-bond donors (Lipinski definition) is 1. The minimum absolute atomic E-state index is 0.588. The van der Waals surface area contributed by atoms with E-state index in [0.29, 0.717) is 6.67 Å². The van der Waals surface area contributed by atoms with E-state index < -0.39 is 0 Å². The fourth-order valence-electron chi connectivity index (χ4n) is 0.987. The molecule has 2 N–H and O–H groups in total. The Morgan fingerprint density at radius 1 is 1.33 bits per heavy atom. The molecule has 0 aromatic carbocycles. The lowest BCUT2D eigenvalue weighted by Gasteiger charge is -2.02. The van der Waals surface area contributed by atoms with Crippen LogP contribution >= 0.6 is 0 Å². The van der Waals surface area contributed by atoms with Gasteiger partial charge in [-0.25, -0.2) is 0 Å². The van der Waals surface area contributed by atoms with E-state index in [9.17, 15) is 0 Å².